The van der Waals surface area contributed by atoms with Gasteiger partial charge in [0, 0.05) is 17.5 Å². The topological polar surface area (TPSA) is 29.1 Å². The molecule has 0 aliphatic carbocycles. The monoisotopic (exact) mass is 271 g/mol. The van der Waals surface area contributed by atoms with Crippen LogP contribution in [0.4, 0.5) is 0 Å². The zero-order valence-corrected chi connectivity index (χ0v) is 11.7. The van der Waals surface area contributed by atoms with Crippen LogP contribution in [0.3, 0.4) is 0 Å². The Morgan fingerprint density at radius 2 is 2.05 bits per heavy atom. The maximum absolute atomic E-state index is 11.6. The van der Waals surface area contributed by atoms with Gasteiger partial charge in [0.05, 0.1) is 0 Å². The molecule has 3 heteroatoms. The van der Waals surface area contributed by atoms with E-state index in [0.29, 0.717) is 6.54 Å². The molecule has 1 N–H and O–H groups in total. The molecule has 2 aromatic rings. The molecule has 0 aliphatic rings. The highest BCUT2D eigenvalue weighted by Crippen LogP contribution is 2.08. The Labute approximate surface area is 117 Å². The van der Waals surface area contributed by atoms with E-state index in [2.05, 4.69) is 16.8 Å². The zero-order valence-electron chi connectivity index (χ0n) is 10.9. The molecular weight excluding hydrogens is 254 g/mol. The lowest BCUT2D eigenvalue weighted by Gasteiger charge is -2.00. The van der Waals surface area contributed by atoms with Gasteiger partial charge in [-0.1, -0.05) is 35.9 Å². The third kappa shape index (κ3) is 4.72. The van der Waals surface area contributed by atoms with Crippen molar-refractivity contribution >= 4 is 23.3 Å². The number of rotatable bonds is 5. The van der Waals surface area contributed by atoms with Crippen molar-refractivity contribution in [1.29, 1.82) is 0 Å². The molecule has 0 saturated heterocycles. The Hall–Kier alpha value is -1.87. The summed E-state index contributed by atoms with van der Waals surface area (Å²) in [5.74, 6) is -0.0443. The molecule has 0 saturated carbocycles. The van der Waals surface area contributed by atoms with Crippen LogP contribution in [-0.4, -0.2) is 12.5 Å². The quantitative estimate of drug-likeness (QED) is 0.829. The van der Waals surface area contributed by atoms with E-state index in [4.69, 9.17) is 0 Å². The van der Waals surface area contributed by atoms with Crippen molar-refractivity contribution in [3.05, 3.63) is 63.9 Å². The summed E-state index contributed by atoms with van der Waals surface area (Å²) in [5.41, 5.74) is 2.26. The van der Waals surface area contributed by atoms with Gasteiger partial charge in [0.15, 0.2) is 0 Å². The molecule has 98 valence electrons. The van der Waals surface area contributed by atoms with E-state index in [1.165, 1.54) is 10.4 Å². The van der Waals surface area contributed by atoms with Gasteiger partial charge >= 0.3 is 0 Å². The summed E-state index contributed by atoms with van der Waals surface area (Å²) < 4.78 is 0. The molecule has 0 spiro atoms. The van der Waals surface area contributed by atoms with E-state index in [9.17, 15) is 4.79 Å². The first-order valence-electron chi connectivity index (χ1n) is 6.29. The smallest absolute Gasteiger partial charge is 0.244 e. The van der Waals surface area contributed by atoms with E-state index in [-0.39, 0.29) is 5.91 Å². The van der Waals surface area contributed by atoms with Crippen LogP contribution in [-0.2, 0) is 11.2 Å². The molecule has 1 amide bonds. The first-order chi connectivity index (χ1) is 9.24. The summed E-state index contributed by atoms with van der Waals surface area (Å²) in [6.07, 6.45) is 4.31. The van der Waals surface area contributed by atoms with Gasteiger partial charge in [0.1, 0.15) is 0 Å². The second-order valence-corrected chi connectivity index (χ2v) is 5.40. The van der Waals surface area contributed by atoms with Gasteiger partial charge in [0.2, 0.25) is 5.91 Å². The van der Waals surface area contributed by atoms with E-state index in [1.54, 1.807) is 17.4 Å². The zero-order chi connectivity index (χ0) is 13.5. The van der Waals surface area contributed by atoms with E-state index >= 15 is 0 Å². The number of thiophene rings is 1. The molecule has 0 aliphatic heterocycles. The number of amides is 1. The highest BCUT2D eigenvalue weighted by molar-refractivity contribution is 7.09. The summed E-state index contributed by atoms with van der Waals surface area (Å²) in [6.45, 7) is 2.72. The number of carbonyl (C=O) groups is 1. The second-order valence-electron chi connectivity index (χ2n) is 4.36. The lowest BCUT2D eigenvalue weighted by Crippen LogP contribution is -2.23. The Bertz CT molecular complexity index is 541. The Kier molecular flexibility index (Phi) is 4.93. The lowest BCUT2D eigenvalue weighted by atomic mass is 10.1. The third-order valence-corrected chi connectivity index (χ3v) is 3.69. The highest BCUT2D eigenvalue weighted by Gasteiger charge is 1.97. The predicted molar refractivity (Wildman–Crippen MR) is 81.2 cm³/mol. The van der Waals surface area contributed by atoms with Crippen molar-refractivity contribution in [3.63, 3.8) is 0 Å². The van der Waals surface area contributed by atoms with Gasteiger partial charge < -0.3 is 5.32 Å². The number of hydrogen-bond acceptors (Lipinski definition) is 2. The molecular formula is C16H17NOS. The van der Waals surface area contributed by atoms with Crippen molar-refractivity contribution in [2.45, 2.75) is 13.3 Å². The summed E-state index contributed by atoms with van der Waals surface area (Å²) in [6, 6.07) is 12.2. The average Bonchev–Trinajstić information content (AvgIpc) is 2.91. The van der Waals surface area contributed by atoms with E-state index in [1.807, 2.05) is 43.3 Å². The van der Waals surface area contributed by atoms with Crippen molar-refractivity contribution in [2.75, 3.05) is 6.54 Å². The fraction of sp³-hybridized carbons (Fsp3) is 0.188. The van der Waals surface area contributed by atoms with Gasteiger partial charge in [-0.3, -0.25) is 4.79 Å². The van der Waals surface area contributed by atoms with Crippen LogP contribution in [0.2, 0.25) is 0 Å². The molecule has 19 heavy (non-hydrogen) atoms. The summed E-state index contributed by atoms with van der Waals surface area (Å²) in [4.78, 5) is 12.9. The van der Waals surface area contributed by atoms with Crippen molar-refractivity contribution in [3.8, 4) is 0 Å². The van der Waals surface area contributed by atoms with Crippen LogP contribution in [0.25, 0.3) is 6.08 Å². The fourth-order valence-electron chi connectivity index (χ4n) is 1.67. The number of carbonyl (C=O) groups excluding carboxylic acids is 1. The molecule has 0 unspecified atom stereocenters. The SMILES string of the molecule is Cc1ccc(/C=C/C(=O)NCCc2cccs2)cc1. The van der Waals surface area contributed by atoms with Gasteiger partial charge in [-0.15, -0.1) is 11.3 Å². The first-order valence-corrected chi connectivity index (χ1v) is 7.17. The van der Waals surface area contributed by atoms with Gasteiger partial charge in [-0.05, 0) is 36.4 Å². The second kappa shape index (κ2) is 6.90. The normalized spacial score (nSPS) is 10.8. The Morgan fingerprint density at radius 3 is 2.74 bits per heavy atom. The van der Waals surface area contributed by atoms with Crippen LogP contribution in [0.15, 0.2) is 47.9 Å². The van der Waals surface area contributed by atoms with Crippen molar-refractivity contribution < 1.29 is 4.79 Å². The summed E-state index contributed by atoms with van der Waals surface area (Å²) >= 11 is 1.72. The average molecular weight is 271 g/mol. The van der Waals surface area contributed by atoms with Crippen LogP contribution in [0.1, 0.15) is 16.0 Å². The largest absolute Gasteiger partial charge is 0.352 e. The minimum atomic E-state index is -0.0443. The molecule has 0 fully saturated rings. The first kappa shape index (κ1) is 13.6. The van der Waals surface area contributed by atoms with Crippen molar-refractivity contribution in [1.82, 2.24) is 5.32 Å². The minimum Gasteiger partial charge on any atom is -0.352 e. The van der Waals surface area contributed by atoms with E-state index < -0.39 is 0 Å². The van der Waals surface area contributed by atoms with E-state index in [0.717, 1.165) is 12.0 Å². The standard InChI is InChI=1S/C16H17NOS/c1-13-4-6-14(7-5-13)8-9-16(18)17-11-10-15-3-2-12-19-15/h2-9,12H,10-11H2,1H3,(H,17,18)/b9-8+. The molecule has 0 bridgehead atoms. The number of benzene rings is 1. The number of nitrogens with one attached hydrogen (secondary N) is 1. The van der Waals surface area contributed by atoms with Crippen LogP contribution in [0.5, 0.6) is 0 Å². The van der Waals surface area contributed by atoms with Gasteiger partial charge in [-0.2, -0.15) is 0 Å². The molecule has 0 atom stereocenters. The minimum absolute atomic E-state index is 0.0443. The number of hydrogen-bond donors (Lipinski definition) is 1. The summed E-state index contributed by atoms with van der Waals surface area (Å²) in [7, 11) is 0. The molecule has 1 aromatic heterocycles. The third-order valence-electron chi connectivity index (χ3n) is 2.76. The Morgan fingerprint density at radius 1 is 1.26 bits per heavy atom. The van der Waals surface area contributed by atoms with Gasteiger partial charge in [0.25, 0.3) is 0 Å². The fourth-order valence-corrected chi connectivity index (χ4v) is 2.38. The van der Waals surface area contributed by atoms with Crippen LogP contribution < -0.4 is 5.32 Å². The maximum Gasteiger partial charge on any atom is 0.244 e. The van der Waals surface area contributed by atoms with Crippen LogP contribution >= 0.6 is 11.3 Å². The molecule has 0 radical (unpaired) electrons. The predicted octanol–water partition coefficient (Wildman–Crippen LogP) is 3.43. The molecule has 1 aromatic carbocycles. The van der Waals surface area contributed by atoms with Gasteiger partial charge in [-0.25, -0.2) is 0 Å². The maximum atomic E-state index is 11.6. The summed E-state index contributed by atoms with van der Waals surface area (Å²) in [5, 5.41) is 4.93. The highest BCUT2D eigenvalue weighted by atomic mass is 32.1. The molecule has 2 rings (SSSR count). The molecule has 1 heterocycles. The Balaban J connectivity index is 1.76. The lowest BCUT2D eigenvalue weighted by molar-refractivity contribution is -0.116. The molecule has 2 nitrogen and oxygen atoms in total. The number of aryl methyl sites for hydroxylation is 1. The van der Waals surface area contributed by atoms with Crippen molar-refractivity contribution in [2.24, 2.45) is 0 Å². The van der Waals surface area contributed by atoms with Crippen LogP contribution in [0, 0.1) is 6.92 Å².